The SMILES string of the molecule is COC1(OC)CNC(=N[N+](=O)[O-])N(Cc2cncs2)C1. The van der Waals surface area contributed by atoms with Crippen LogP contribution in [0.1, 0.15) is 4.88 Å². The van der Waals surface area contributed by atoms with E-state index in [2.05, 4.69) is 15.4 Å². The second-order valence-corrected chi connectivity index (χ2v) is 5.13. The molecule has 20 heavy (non-hydrogen) atoms. The highest BCUT2D eigenvalue weighted by Crippen LogP contribution is 2.20. The van der Waals surface area contributed by atoms with Crippen LogP contribution in [0.2, 0.25) is 0 Å². The first-order chi connectivity index (χ1) is 9.58. The first-order valence-electron chi connectivity index (χ1n) is 5.78. The van der Waals surface area contributed by atoms with E-state index in [-0.39, 0.29) is 12.5 Å². The fourth-order valence-corrected chi connectivity index (χ4v) is 2.53. The van der Waals surface area contributed by atoms with Crippen LogP contribution in [-0.4, -0.2) is 54.0 Å². The molecule has 110 valence electrons. The van der Waals surface area contributed by atoms with Crippen molar-refractivity contribution in [3.8, 4) is 0 Å². The predicted octanol–water partition coefficient (Wildman–Crippen LogP) is 0.0851. The number of thiazole rings is 1. The third-order valence-electron chi connectivity index (χ3n) is 3.00. The van der Waals surface area contributed by atoms with E-state index < -0.39 is 10.8 Å². The van der Waals surface area contributed by atoms with Gasteiger partial charge in [0.05, 0.1) is 25.1 Å². The van der Waals surface area contributed by atoms with Crippen molar-refractivity contribution in [3.63, 3.8) is 0 Å². The Kier molecular flexibility index (Phi) is 4.47. The monoisotopic (exact) mass is 301 g/mol. The van der Waals surface area contributed by atoms with Crippen molar-refractivity contribution in [2.24, 2.45) is 5.10 Å². The van der Waals surface area contributed by atoms with Crippen molar-refractivity contribution in [2.75, 3.05) is 27.3 Å². The zero-order valence-corrected chi connectivity index (χ0v) is 11.9. The molecule has 2 rings (SSSR count). The van der Waals surface area contributed by atoms with Gasteiger partial charge in [-0.25, -0.2) is 10.1 Å². The Morgan fingerprint density at radius 2 is 2.40 bits per heavy atom. The maximum Gasteiger partial charge on any atom is 0.272 e. The van der Waals surface area contributed by atoms with E-state index in [4.69, 9.17) is 9.47 Å². The quantitative estimate of drug-likeness (QED) is 0.467. The molecule has 1 N–H and O–H groups in total. The highest BCUT2D eigenvalue weighted by Gasteiger charge is 2.39. The number of hydrazone groups is 1. The fraction of sp³-hybridized carbons (Fsp3) is 0.600. The van der Waals surface area contributed by atoms with Gasteiger partial charge in [0.1, 0.15) is 5.10 Å². The number of nitrogens with one attached hydrogen (secondary N) is 1. The lowest BCUT2D eigenvalue weighted by molar-refractivity contribution is -0.486. The molecule has 0 spiro atoms. The maximum absolute atomic E-state index is 10.6. The number of aromatic nitrogens is 1. The van der Waals surface area contributed by atoms with Crippen molar-refractivity contribution in [1.82, 2.24) is 15.2 Å². The van der Waals surface area contributed by atoms with Crippen LogP contribution in [0.25, 0.3) is 0 Å². The van der Waals surface area contributed by atoms with Crippen LogP contribution in [0.3, 0.4) is 0 Å². The van der Waals surface area contributed by atoms with Crippen LogP contribution in [0.5, 0.6) is 0 Å². The molecular formula is C10H15N5O4S. The van der Waals surface area contributed by atoms with Gasteiger partial charge in [0.15, 0.2) is 5.03 Å². The van der Waals surface area contributed by atoms with Gasteiger partial charge in [-0.1, -0.05) is 0 Å². The van der Waals surface area contributed by atoms with Crippen LogP contribution in [-0.2, 0) is 16.0 Å². The third kappa shape index (κ3) is 3.21. The van der Waals surface area contributed by atoms with Crippen molar-refractivity contribution in [1.29, 1.82) is 0 Å². The van der Waals surface area contributed by atoms with Crippen molar-refractivity contribution in [2.45, 2.75) is 12.3 Å². The lowest BCUT2D eigenvalue weighted by Gasteiger charge is -2.41. The lowest BCUT2D eigenvalue weighted by atomic mass is 10.2. The lowest BCUT2D eigenvalue weighted by Crippen LogP contribution is -2.62. The van der Waals surface area contributed by atoms with Gasteiger partial charge in [0.25, 0.3) is 5.96 Å². The summed E-state index contributed by atoms with van der Waals surface area (Å²) < 4.78 is 10.7. The van der Waals surface area contributed by atoms with Gasteiger partial charge in [-0.2, -0.15) is 0 Å². The van der Waals surface area contributed by atoms with Gasteiger partial charge in [0.2, 0.25) is 5.79 Å². The first kappa shape index (κ1) is 14.6. The molecule has 1 saturated heterocycles. The molecule has 0 saturated carbocycles. The average molecular weight is 301 g/mol. The van der Waals surface area contributed by atoms with Gasteiger partial charge < -0.3 is 19.7 Å². The molecule has 2 heterocycles. The fourth-order valence-electron chi connectivity index (χ4n) is 1.92. The Morgan fingerprint density at radius 3 is 2.95 bits per heavy atom. The number of guanidine groups is 1. The minimum Gasteiger partial charge on any atom is -0.350 e. The molecule has 1 aromatic rings. The summed E-state index contributed by atoms with van der Waals surface area (Å²) in [7, 11) is 3.07. The van der Waals surface area contributed by atoms with E-state index in [1.807, 2.05) is 0 Å². The molecule has 0 amide bonds. The van der Waals surface area contributed by atoms with Gasteiger partial charge in [-0.15, -0.1) is 11.3 Å². The van der Waals surface area contributed by atoms with Gasteiger partial charge >= 0.3 is 0 Å². The Hall–Kier alpha value is -1.78. The van der Waals surface area contributed by atoms with E-state index in [1.165, 1.54) is 25.6 Å². The van der Waals surface area contributed by atoms with Crippen molar-refractivity contribution in [3.05, 3.63) is 26.7 Å². The number of methoxy groups -OCH3 is 2. The maximum atomic E-state index is 10.6. The van der Waals surface area contributed by atoms with Crippen LogP contribution in [0.4, 0.5) is 0 Å². The number of hydrogen-bond acceptors (Lipinski definition) is 6. The zero-order valence-electron chi connectivity index (χ0n) is 11.1. The number of rotatable bonds is 5. The molecule has 0 aliphatic carbocycles. The molecule has 1 aliphatic rings. The van der Waals surface area contributed by atoms with E-state index >= 15 is 0 Å². The van der Waals surface area contributed by atoms with E-state index in [1.54, 1.807) is 16.6 Å². The highest BCUT2D eigenvalue weighted by atomic mass is 32.1. The molecular weight excluding hydrogens is 286 g/mol. The summed E-state index contributed by atoms with van der Waals surface area (Å²) in [4.78, 5) is 17.2. The third-order valence-corrected chi connectivity index (χ3v) is 3.76. The smallest absolute Gasteiger partial charge is 0.272 e. The normalized spacial score (nSPS) is 19.9. The number of hydrogen-bond donors (Lipinski definition) is 1. The summed E-state index contributed by atoms with van der Waals surface area (Å²) >= 11 is 1.47. The number of ether oxygens (including phenoxy) is 2. The topological polar surface area (TPSA) is 102 Å². The summed E-state index contributed by atoms with van der Waals surface area (Å²) in [5, 5.41) is 16.1. The average Bonchev–Trinajstić information content (AvgIpc) is 2.93. The standard InChI is InChI=1S/C10H15N5O4S/c1-18-10(19-2)5-12-9(13-15(16)17)14(6-10)4-8-3-11-7-20-8/h3,7H,4-6H2,1-2H3,(H,12,13). The summed E-state index contributed by atoms with van der Waals surface area (Å²) in [6.45, 7) is 1.06. The van der Waals surface area contributed by atoms with Crippen LogP contribution in [0.15, 0.2) is 16.8 Å². The van der Waals surface area contributed by atoms with Gasteiger partial charge in [0, 0.05) is 25.3 Å². The Balaban J connectivity index is 2.20. The van der Waals surface area contributed by atoms with Crippen LogP contribution in [0, 0.1) is 10.1 Å². The summed E-state index contributed by atoms with van der Waals surface area (Å²) in [6.07, 6.45) is 1.71. The van der Waals surface area contributed by atoms with Crippen molar-refractivity contribution >= 4 is 17.3 Å². The van der Waals surface area contributed by atoms with Crippen LogP contribution >= 0.6 is 11.3 Å². The minimum atomic E-state index is -0.861. The number of nitro groups is 1. The van der Waals surface area contributed by atoms with E-state index in [9.17, 15) is 10.1 Å². The first-order valence-corrected chi connectivity index (χ1v) is 6.66. The molecule has 1 aliphatic heterocycles. The highest BCUT2D eigenvalue weighted by molar-refractivity contribution is 7.09. The summed E-state index contributed by atoms with van der Waals surface area (Å²) in [5.41, 5.74) is 1.71. The predicted molar refractivity (Wildman–Crippen MR) is 71.7 cm³/mol. The molecule has 0 atom stereocenters. The van der Waals surface area contributed by atoms with Gasteiger partial charge in [-0.3, -0.25) is 4.98 Å². The van der Waals surface area contributed by atoms with E-state index in [0.29, 0.717) is 13.1 Å². The van der Waals surface area contributed by atoms with Crippen molar-refractivity contribution < 1.29 is 14.5 Å². The van der Waals surface area contributed by atoms with E-state index in [0.717, 1.165) is 4.88 Å². The second-order valence-electron chi connectivity index (χ2n) is 4.16. The Morgan fingerprint density at radius 1 is 1.65 bits per heavy atom. The largest absolute Gasteiger partial charge is 0.350 e. The second kappa shape index (κ2) is 6.11. The number of nitrogens with zero attached hydrogens (tertiary/aromatic N) is 4. The molecule has 0 unspecified atom stereocenters. The molecule has 0 bridgehead atoms. The minimum absolute atomic E-state index is 0.188. The Bertz CT molecular complexity index is 488. The molecule has 1 aromatic heterocycles. The zero-order chi connectivity index (χ0) is 14.6. The Labute approximate surface area is 119 Å². The molecule has 0 aromatic carbocycles. The van der Waals surface area contributed by atoms with Gasteiger partial charge in [-0.05, 0) is 0 Å². The molecule has 10 heteroatoms. The molecule has 1 fully saturated rings. The summed E-state index contributed by atoms with van der Waals surface area (Å²) in [6, 6.07) is 0. The van der Waals surface area contributed by atoms with Crippen LogP contribution < -0.4 is 5.32 Å². The molecule has 9 nitrogen and oxygen atoms in total. The molecule has 0 radical (unpaired) electrons. The summed E-state index contributed by atoms with van der Waals surface area (Å²) in [5.74, 6) is -0.673.